The second-order valence-corrected chi connectivity index (χ2v) is 8.07. The summed E-state index contributed by atoms with van der Waals surface area (Å²) in [7, 11) is 0. The molecule has 1 aromatic rings. The van der Waals surface area contributed by atoms with E-state index in [4.69, 9.17) is 0 Å². The molecule has 0 unspecified atom stereocenters. The van der Waals surface area contributed by atoms with E-state index in [0.29, 0.717) is 5.41 Å². The predicted molar refractivity (Wildman–Crippen MR) is 85.1 cm³/mol. The first-order valence-corrected chi connectivity index (χ1v) is 8.95. The summed E-state index contributed by atoms with van der Waals surface area (Å²) < 4.78 is 1.92. The third-order valence-corrected chi connectivity index (χ3v) is 6.15. The molecule has 120 valence electrons. The molecule has 0 spiro atoms. The van der Waals surface area contributed by atoms with Crippen molar-refractivity contribution in [2.24, 2.45) is 23.2 Å². The van der Waals surface area contributed by atoms with Crippen LogP contribution in [0.2, 0.25) is 0 Å². The Hall–Kier alpha value is -1.32. The van der Waals surface area contributed by atoms with E-state index in [1.165, 1.54) is 38.5 Å². The summed E-state index contributed by atoms with van der Waals surface area (Å²) in [4.78, 5) is 12.4. The summed E-state index contributed by atoms with van der Waals surface area (Å²) in [6, 6.07) is 1.94. The molecule has 4 nitrogen and oxygen atoms in total. The van der Waals surface area contributed by atoms with E-state index in [2.05, 4.69) is 10.4 Å². The Kier molecular flexibility index (Phi) is 3.71. The molecule has 4 fully saturated rings. The maximum atomic E-state index is 12.4. The molecule has 4 heteroatoms. The van der Waals surface area contributed by atoms with Gasteiger partial charge in [-0.1, -0.05) is 0 Å². The van der Waals surface area contributed by atoms with Crippen molar-refractivity contribution in [1.82, 2.24) is 15.1 Å². The largest absolute Gasteiger partial charge is 0.356 e. The summed E-state index contributed by atoms with van der Waals surface area (Å²) in [6.45, 7) is 1.65. The van der Waals surface area contributed by atoms with Crippen LogP contribution in [-0.2, 0) is 11.3 Å². The lowest BCUT2D eigenvalue weighted by Crippen LogP contribution is -2.48. The van der Waals surface area contributed by atoms with Gasteiger partial charge in [-0.15, -0.1) is 0 Å². The Morgan fingerprint density at radius 3 is 2.45 bits per heavy atom. The predicted octanol–water partition coefficient (Wildman–Crippen LogP) is 3.00. The van der Waals surface area contributed by atoms with E-state index in [0.717, 1.165) is 43.7 Å². The van der Waals surface area contributed by atoms with Gasteiger partial charge in [0.05, 0.1) is 0 Å². The summed E-state index contributed by atoms with van der Waals surface area (Å²) in [6.07, 6.45) is 13.8. The molecule has 1 heterocycles. The van der Waals surface area contributed by atoms with Crippen molar-refractivity contribution in [2.45, 2.75) is 57.9 Å². The molecule has 4 saturated carbocycles. The number of nitrogens with zero attached hydrogens (tertiary/aromatic N) is 2. The van der Waals surface area contributed by atoms with Crippen LogP contribution in [0.1, 0.15) is 51.4 Å². The summed E-state index contributed by atoms with van der Waals surface area (Å²) >= 11 is 0. The van der Waals surface area contributed by atoms with Gasteiger partial charge < -0.3 is 5.32 Å². The average Bonchev–Trinajstić information content (AvgIpc) is 2.94. The Labute approximate surface area is 132 Å². The van der Waals surface area contributed by atoms with E-state index < -0.39 is 0 Å². The van der Waals surface area contributed by atoms with Gasteiger partial charge >= 0.3 is 0 Å². The monoisotopic (exact) mass is 301 g/mol. The maximum absolute atomic E-state index is 12.4. The minimum atomic E-state index is 0.280. The number of carbonyl (C=O) groups is 1. The van der Waals surface area contributed by atoms with Gasteiger partial charge in [-0.05, 0) is 74.2 Å². The lowest BCUT2D eigenvalue weighted by molar-refractivity contribution is -0.129. The van der Waals surface area contributed by atoms with Crippen LogP contribution >= 0.6 is 0 Å². The smallest absolute Gasteiger partial charge is 0.220 e. The molecule has 0 aromatic carbocycles. The van der Waals surface area contributed by atoms with E-state index in [1.807, 2.05) is 16.9 Å². The van der Waals surface area contributed by atoms with Crippen LogP contribution in [0.5, 0.6) is 0 Å². The van der Waals surface area contributed by atoms with E-state index >= 15 is 0 Å². The molecule has 1 N–H and O–H groups in total. The molecule has 0 aliphatic heterocycles. The van der Waals surface area contributed by atoms with E-state index in [9.17, 15) is 4.79 Å². The number of amides is 1. The number of nitrogens with one attached hydrogen (secondary N) is 1. The quantitative estimate of drug-likeness (QED) is 0.821. The van der Waals surface area contributed by atoms with Gasteiger partial charge in [-0.3, -0.25) is 9.48 Å². The molecule has 22 heavy (non-hydrogen) atoms. The van der Waals surface area contributed by atoms with Gasteiger partial charge in [0.15, 0.2) is 0 Å². The zero-order valence-corrected chi connectivity index (χ0v) is 13.3. The molecule has 5 rings (SSSR count). The van der Waals surface area contributed by atoms with Gasteiger partial charge in [0.2, 0.25) is 5.91 Å². The number of aryl methyl sites for hydroxylation is 1. The maximum Gasteiger partial charge on any atom is 0.220 e. The normalized spacial score (nSPS) is 35.7. The Morgan fingerprint density at radius 2 is 1.86 bits per heavy atom. The number of hydrogen-bond donors (Lipinski definition) is 1. The number of rotatable bonds is 6. The Bertz CT molecular complexity index is 487. The van der Waals surface area contributed by atoms with Gasteiger partial charge in [-0.2, -0.15) is 5.10 Å². The average molecular weight is 301 g/mol. The standard InChI is InChI=1S/C18H27N3O/c22-17(19-3-1-5-21-6-2-4-20-21)13-18-10-14-7-15(11-18)9-16(8-14)12-18/h2,4,6,14-16H,1,3,5,7-13H2,(H,19,22). The molecule has 1 amide bonds. The van der Waals surface area contributed by atoms with Gasteiger partial charge in [0.25, 0.3) is 0 Å². The van der Waals surface area contributed by atoms with Crippen molar-refractivity contribution in [3.8, 4) is 0 Å². The van der Waals surface area contributed by atoms with E-state index in [-0.39, 0.29) is 5.91 Å². The lowest BCUT2D eigenvalue weighted by Gasteiger charge is -2.56. The molecular weight excluding hydrogens is 274 g/mol. The topological polar surface area (TPSA) is 46.9 Å². The Balaban J connectivity index is 1.24. The first-order valence-electron chi connectivity index (χ1n) is 8.95. The fraction of sp³-hybridized carbons (Fsp3) is 0.778. The van der Waals surface area contributed by atoms with Crippen LogP contribution < -0.4 is 5.32 Å². The highest BCUT2D eigenvalue weighted by atomic mass is 16.1. The second kappa shape index (κ2) is 5.71. The molecule has 4 aliphatic rings. The third-order valence-electron chi connectivity index (χ3n) is 6.15. The first kappa shape index (κ1) is 14.3. The molecule has 0 radical (unpaired) electrons. The van der Waals surface area contributed by atoms with Crippen molar-refractivity contribution in [3.63, 3.8) is 0 Å². The third kappa shape index (κ3) is 2.92. The number of carbonyl (C=O) groups excluding carboxylic acids is 1. The van der Waals surface area contributed by atoms with Crippen molar-refractivity contribution < 1.29 is 4.79 Å². The van der Waals surface area contributed by atoms with Crippen LogP contribution in [0.25, 0.3) is 0 Å². The van der Waals surface area contributed by atoms with Crippen molar-refractivity contribution in [3.05, 3.63) is 18.5 Å². The van der Waals surface area contributed by atoms with Crippen molar-refractivity contribution in [1.29, 1.82) is 0 Å². The van der Waals surface area contributed by atoms with Crippen molar-refractivity contribution in [2.75, 3.05) is 6.54 Å². The molecule has 1 aromatic heterocycles. The molecule has 4 aliphatic carbocycles. The van der Waals surface area contributed by atoms with Crippen LogP contribution in [0.4, 0.5) is 0 Å². The second-order valence-electron chi connectivity index (χ2n) is 8.07. The molecular formula is C18H27N3O. The summed E-state index contributed by atoms with van der Waals surface area (Å²) in [5.41, 5.74) is 0.362. The Morgan fingerprint density at radius 1 is 1.18 bits per heavy atom. The number of hydrogen-bond acceptors (Lipinski definition) is 2. The van der Waals surface area contributed by atoms with Gasteiger partial charge in [0.1, 0.15) is 0 Å². The van der Waals surface area contributed by atoms with Crippen molar-refractivity contribution >= 4 is 5.91 Å². The highest BCUT2D eigenvalue weighted by Gasteiger charge is 2.51. The fourth-order valence-corrected chi connectivity index (χ4v) is 5.81. The zero-order valence-electron chi connectivity index (χ0n) is 13.3. The molecule has 0 atom stereocenters. The molecule has 4 bridgehead atoms. The zero-order chi connectivity index (χ0) is 15.0. The summed E-state index contributed by atoms with van der Waals surface area (Å²) in [5, 5.41) is 7.32. The SMILES string of the molecule is O=C(CC12CC3CC(CC(C3)C1)C2)NCCCn1cccn1. The summed E-state index contributed by atoms with van der Waals surface area (Å²) in [5.74, 6) is 3.07. The van der Waals surface area contributed by atoms with Crippen LogP contribution in [0.15, 0.2) is 18.5 Å². The highest BCUT2D eigenvalue weighted by molar-refractivity contribution is 5.76. The minimum absolute atomic E-state index is 0.280. The van der Waals surface area contributed by atoms with Crippen LogP contribution in [0, 0.1) is 23.2 Å². The van der Waals surface area contributed by atoms with E-state index in [1.54, 1.807) is 6.20 Å². The van der Waals surface area contributed by atoms with Gasteiger partial charge in [0, 0.05) is 31.9 Å². The highest BCUT2D eigenvalue weighted by Crippen LogP contribution is 2.61. The first-order chi connectivity index (χ1) is 10.7. The fourth-order valence-electron chi connectivity index (χ4n) is 5.81. The van der Waals surface area contributed by atoms with Crippen LogP contribution in [-0.4, -0.2) is 22.2 Å². The lowest BCUT2D eigenvalue weighted by atomic mass is 9.49. The minimum Gasteiger partial charge on any atom is -0.356 e. The number of aromatic nitrogens is 2. The molecule has 0 saturated heterocycles. The van der Waals surface area contributed by atoms with Gasteiger partial charge in [-0.25, -0.2) is 0 Å². The van der Waals surface area contributed by atoms with Crippen LogP contribution in [0.3, 0.4) is 0 Å².